The fourth-order valence-corrected chi connectivity index (χ4v) is 19.5. The first-order chi connectivity index (χ1) is 24.2. The maximum Gasteiger partial charge on any atom is 0.200 e. The van der Waals surface area contributed by atoms with E-state index in [0.717, 1.165) is 11.1 Å². The molecule has 1 aliphatic rings. The Balaban J connectivity index is 1.90. The van der Waals surface area contributed by atoms with Crippen molar-refractivity contribution in [3.05, 3.63) is 83.9 Å². The fourth-order valence-electron chi connectivity index (χ4n) is 8.61. The Morgan fingerprint density at radius 1 is 0.490 bits per heavy atom. The van der Waals surface area contributed by atoms with Crippen LogP contribution in [0.1, 0.15) is 94.2 Å². The van der Waals surface area contributed by atoms with Crippen LogP contribution in [0, 0.1) is 0 Å². The lowest BCUT2D eigenvalue weighted by Gasteiger charge is -2.44. The molecule has 2 aromatic rings. The molecule has 3 rings (SSSR count). The molecular weight excluding hydrogens is 673 g/mol. The molecule has 1 aliphatic heterocycles. The molecule has 0 N–H and O–H groups in total. The molecule has 0 fully saturated rings. The van der Waals surface area contributed by atoms with E-state index < -0.39 is 28.8 Å². The second kappa shape index (κ2) is 21.3. The van der Waals surface area contributed by atoms with Gasteiger partial charge in [-0.15, -0.1) is 0 Å². The van der Waals surface area contributed by atoms with Crippen LogP contribution in [-0.2, 0) is 45.8 Å². The number of hydrogen-bond acceptors (Lipinski definition) is 7. The lowest BCUT2D eigenvalue weighted by atomic mass is 10.2. The minimum atomic E-state index is -2.20. The number of benzene rings is 2. The zero-order valence-corrected chi connectivity index (χ0v) is 35.8. The number of ether oxygens (including phenoxy) is 5. The van der Waals surface area contributed by atoms with Gasteiger partial charge in [-0.1, -0.05) is 156 Å². The van der Waals surface area contributed by atoms with Gasteiger partial charge in [-0.3, -0.25) is 0 Å². The molecule has 4 atom stereocenters. The van der Waals surface area contributed by atoms with Crippen molar-refractivity contribution in [1.82, 2.24) is 0 Å². The highest BCUT2D eigenvalue weighted by Crippen LogP contribution is 2.44. The van der Waals surface area contributed by atoms with Crippen molar-refractivity contribution >= 4 is 16.6 Å². The molecule has 0 bridgehead atoms. The van der Waals surface area contributed by atoms with E-state index in [1.165, 1.54) is 0 Å². The summed E-state index contributed by atoms with van der Waals surface area (Å²) in [6.45, 7) is 29.8. The molecule has 9 heteroatoms. The summed E-state index contributed by atoms with van der Waals surface area (Å²) in [5.74, 6) is 0. The molecule has 0 unspecified atom stereocenters. The lowest BCUT2D eigenvalue weighted by molar-refractivity contribution is -0.176. The first kappa shape index (κ1) is 43.7. The summed E-state index contributed by atoms with van der Waals surface area (Å²) in [5, 5.41) is 0. The Labute approximate surface area is 313 Å². The van der Waals surface area contributed by atoms with Crippen LogP contribution in [0.25, 0.3) is 0 Å². The SMILES string of the molecule is CC(C)[Si](OC[C@@H]1O[C@H](CO[Si](C(C)C)(C(C)C)C(C)C)[C@@H](OCOCc2ccccc2)C=C[C@H]1OCOCc1ccccc1)(C(C)C)C(C)C. The molecule has 51 heavy (non-hydrogen) atoms. The van der Waals surface area contributed by atoms with Gasteiger partial charge in [-0.25, -0.2) is 0 Å². The number of hydrogen-bond donors (Lipinski definition) is 0. The van der Waals surface area contributed by atoms with Crippen molar-refractivity contribution in [2.45, 2.75) is 154 Å². The molecule has 1 heterocycles. The summed E-state index contributed by atoms with van der Waals surface area (Å²) in [4.78, 5) is 0. The quantitative estimate of drug-likeness (QED) is 0.0515. The summed E-state index contributed by atoms with van der Waals surface area (Å²) in [5.41, 5.74) is 4.86. The van der Waals surface area contributed by atoms with Crippen molar-refractivity contribution in [2.24, 2.45) is 0 Å². The molecule has 0 aliphatic carbocycles. The first-order valence-corrected chi connectivity index (χ1v) is 23.6. The summed E-state index contributed by atoms with van der Waals surface area (Å²) in [7, 11) is -4.39. The van der Waals surface area contributed by atoms with E-state index >= 15 is 0 Å². The van der Waals surface area contributed by atoms with Crippen LogP contribution in [-0.4, -0.2) is 67.9 Å². The molecule has 0 saturated heterocycles. The largest absolute Gasteiger partial charge is 0.413 e. The average molecular weight is 743 g/mol. The maximum atomic E-state index is 7.17. The molecule has 288 valence electrons. The van der Waals surface area contributed by atoms with Gasteiger partial charge in [0, 0.05) is 0 Å². The van der Waals surface area contributed by atoms with Crippen LogP contribution in [0.4, 0.5) is 0 Å². The first-order valence-electron chi connectivity index (χ1n) is 19.3. The van der Waals surface area contributed by atoms with Crippen molar-refractivity contribution in [1.29, 1.82) is 0 Å². The molecule has 7 nitrogen and oxygen atoms in total. The third-order valence-corrected chi connectivity index (χ3v) is 23.1. The van der Waals surface area contributed by atoms with Crippen molar-refractivity contribution < 1.29 is 32.5 Å². The van der Waals surface area contributed by atoms with E-state index in [0.29, 0.717) is 59.7 Å². The zero-order chi connectivity index (χ0) is 37.6. The van der Waals surface area contributed by atoms with E-state index in [4.69, 9.17) is 32.5 Å². The van der Waals surface area contributed by atoms with Crippen LogP contribution in [0.3, 0.4) is 0 Å². The predicted molar refractivity (Wildman–Crippen MR) is 214 cm³/mol. The van der Waals surface area contributed by atoms with Gasteiger partial charge >= 0.3 is 0 Å². The van der Waals surface area contributed by atoms with Gasteiger partial charge < -0.3 is 32.5 Å². The highest BCUT2D eigenvalue weighted by Gasteiger charge is 2.48. The third kappa shape index (κ3) is 11.9. The minimum Gasteiger partial charge on any atom is -0.413 e. The molecule has 0 radical (unpaired) electrons. The summed E-state index contributed by atoms with van der Waals surface area (Å²) >= 11 is 0. The van der Waals surface area contributed by atoms with Crippen LogP contribution >= 0.6 is 0 Å². The van der Waals surface area contributed by atoms with Crippen molar-refractivity contribution in [3.63, 3.8) is 0 Å². The van der Waals surface area contributed by atoms with Gasteiger partial charge in [-0.05, 0) is 44.4 Å². The predicted octanol–water partition coefficient (Wildman–Crippen LogP) is 10.8. The third-order valence-electron chi connectivity index (χ3n) is 10.9. The molecule has 2 aromatic carbocycles. The van der Waals surface area contributed by atoms with Crippen LogP contribution in [0.2, 0.25) is 33.2 Å². The Hall–Kier alpha value is -1.67. The van der Waals surface area contributed by atoms with Gasteiger partial charge in [0.25, 0.3) is 0 Å². The van der Waals surface area contributed by atoms with Gasteiger partial charge in [0.05, 0.1) is 26.4 Å². The average Bonchev–Trinajstić information content (AvgIpc) is 3.24. The molecule has 0 saturated carbocycles. The Kier molecular flexibility index (Phi) is 18.3. The normalized spacial score (nSPS) is 20.4. The Bertz CT molecular complexity index is 1110. The second-order valence-corrected chi connectivity index (χ2v) is 26.9. The zero-order valence-electron chi connectivity index (χ0n) is 33.8. The smallest absolute Gasteiger partial charge is 0.200 e. The summed E-state index contributed by atoms with van der Waals surface area (Å²) in [6.07, 6.45) is 2.58. The van der Waals surface area contributed by atoms with Gasteiger partial charge in [-0.2, -0.15) is 0 Å². The lowest BCUT2D eigenvalue weighted by Crippen LogP contribution is -2.52. The second-order valence-electron chi connectivity index (χ2n) is 16.0. The van der Waals surface area contributed by atoms with Gasteiger partial charge in [0.2, 0.25) is 0 Å². The minimum absolute atomic E-state index is 0.127. The standard InChI is InChI=1S/C42H70O7Si2/c1-31(2)50(32(3)4,33(5)6)47-27-41-39(45-29-43-25-37-19-15-13-16-20-37)23-24-40(46-30-44-26-38-21-17-14-18-22-38)42(49-41)28-48-51(34(7)8,35(9)10)36(11)12/h13-24,31-36,39-42H,25-30H2,1-12H3/t39-,40+,41+,42-. The highest BCUT2D eigenvalue weighted by molar-refractivity contribution is 6.78. The van der Waals surface area contributed by atoms with Gasteiger partial charge in [0.15, 0.2) is 16.6 Å². The van der Waals surface area contributed by atoms with Crippen LogP contribution in [0.5, 0.6) is 0 Å². The van der Waals surface area contributed by atoms with Crippen molar-refractivity contribution in [3.8, 4) is 0 Å². The van der Waals surface area contributed by atoms with E-state index in [9.17, 15) is 0 Å². The molecule has 0 spiro atoms. The highest BCUT2D eigenvalue weighted by atomic mass is 28.4. The van der Waals surface area contributed by atoms with E-state index in [1.807, 2.05) is 36.4 Å². The molecular formula is C42H70O7Si2. The maximum absolute atomic E-state index is 7.17. The Morgan fingerprint density at radius 3 is 1.10 bits per heavy atom. The van der Waals surface area contributed by atoms with Crippen LogP contribution in [0.15, 0.2) is 72.8 Å². The topological polar surface area (TPSA) is 64.6 Å². The molecule has 0 amide bonds. The summed E-state index contributed by atoms with van der Waals surface area (Å²) in [6, 6.07) is 20.3. The van der Waals surface area contributed by atoms with E-state index in [2.05, 4.69) is 120 Å². The monoisotopic (exact) mass is 742 g/mol. The number of rotatable bonds is 22. The van der Waals surface area contributed by atoms with Crippen molar-refractivity contribution in [2.75, 3.05) is 26.8 Å². The van der Waals surface area contributed by atoms with Gasteiger partial charge in [0.1, 0.15) is 38.0 Å². The Morgan fingerprint density at radius 2 is 0.804 bits per heavy atom. The summed E-state index contributed by atoms with van der Waals surface area (Å²) < 4.78 is 46.4. The van der Waals surface area contributed by atoms with E-state index in [1.54, 1.807) is 0 Å². The van der Waals surface area contributed by atoms with Crippen LogP contribution < -0.4 is 0 Å². The van der Waals surface area contributed by atoms with E-state index in [-0.39, 0.29) is 25.8 Å². The fraction of sp³-hybridized carbons (Fsp3) is 0.667. The molecule has 0 aromatic heterocycles.